The number of nitrogens with one attached hydrogen (secondary N) is 2. The molecule has 110 valence electrons. The van der Waals surface area contributed by atoms with Crippen LogP contribution in [0.3, 0.4) is 0 Å². The number of hydrogen-bond acceptors (Lipinski definition) is 4. The van der Waals surface area contributed by atoms with E-state index in [-0.39, 0.29) is 23.7 Å². The molecule has 0 aromatic carbocycles. The van der Waals surface area contributed by atoms with Gasteiger partial charge in [0.1, 0.15) is 6.33 Å². The molecule has 2 rings (SSSR count). The summed E-state index contributed by atoms with van der Waals surface area (Å²) in [7, 11) is 1.63. The molecule has 1 aromatic heterocycles. The van der Waals surface area contributed by atoms with Gasteiger partial charge in [-0.05, 0) is 19.3 Å². The number of hydrogen-bond donors (Lipinski definition) is 2. The summed E-state index contributed by atoms with van der Waals surface area (Å²) in [6.45, 7) is 1.85. The van der Waals surface area contributed by atoms with Gasteiger partial charge >= 0.3 is 0 Å². The monoisotopic (exact) mass is 280 g/mol. The van der Waals surface area contributed by atoms with Gasteiger partial charge < -0.3 is 10.6 Å². The minimum Gasteiger partial charge on any atom is -0.364 e. The summed E-state index contributed by atoms with van der Waals surface area (Å²) in [6, 6.07) is -0.0715. The third kappa shape index (κ3) is 3.05. The Morgan fingerprint density at radius 2 is 2.15 bits per heavy atom. The van der Waals surface area contributed by atoms with E-state index in [9.17, 15) is 9.18 Å². The van der Waals surface area contributed by atoms with Crippen LogP contribution in [0.25, 0.3) is 0 Å². The summed E-state index contributed by atoms with van der Waals surface area (Å²) in [6.07, 6.45) is 5.63. The van der Waals surface area contributed by atoms with Crippen LogP contribution in [-0.4, -0.2) is 29.0 Å². The Hall–Kier alpha value is -1.72. The van der Waals surface area contributed by atoms with Crippen molar-refractivity contribution in [3.05, 3.63) is 17.8 Å². The standard InChI is InChI=1S/C14H21FN4O/c1-3-10-12(15)13(18-8-17-10)19-11-7-5-4-6-9(11)14(20)16-2/h8-9,11H,3-7H2,1-2H3,(H,16,20)(H,17,18,19). The molecule has 1 aromatic rings. The fourth-order valence-electron chi connectivity index (χ4n) is 2.73. The molecule has 5 nitrogen and oxygen atoms in total. The van der Waals surface area contributed by atoms with E-state index in [2.05, 4.69) is 20.6 Å². The molecule has 6 heteroatoms. The van der Waals surface area contributed by atoms with E-state index in [0.717, 1.165) is 25.7 Å². The van der Waals surface area contributed by atoms with Crippen LogP contribution in [-0.2, 0) is 11.2 Å². The SMILES string of the molecule is CCc1ncnc(NC2CCCCC2C(=O)NC)c1F. The van der Waals surface area contributed by atoms with Crippen LogP contribution >= 0.6 is 0 Å². The van der Waals surface area contributed by atoms with E-state index >= 15 is 0 Å². The average Bonchev–Trinajstić information content (AvgIpc) is 2.49. The summed E-state index contributed by atoms with van der Waals surface area (Å²) in [5.41, 5.74) is 0.398. The first kappa shape index (κ1) is 14.7. The lowest BCUT2D eigenvalue weighted by molar-refractivity contribution is -0.125. The highest BCUT2D eigenvalue weighted by Gasteiger charge is 2.31. The normalized spacial score (nSPS) is 22.4. The van der Waals surface area contributed by atoms with Gasteiger partial charge in [0.25, 0.3) is 0 Å². The quantitative estimate of drug-likeness (QED) is 0.884. The zero-order valence-corrected chi connectivity index (χ0v) is 11.9. The largest absolute Gasteiger partial charge is 0.364 e. The van der Waals surface area contributed by atoms with E-state index in [1.165, 1.54) is 6.33 Å². The first-order chi connectivity index (χ1) is 9.67. The third-order valence-corrected chi connectivity index (χ3v) is 3.87. The maximum atomic E-state index is 14.1. The van der Waals surface area contributed by atoms with Gasteiger partial charge in [0.2, 0.25) is 5.91 Å². The van der Waals surface area contributed by atoms with Gasteiger partial charge in [0.05, 0.1) is 11.6 Å². The van der Waals surface area contributed by atoms with Crippen LogP contribution in [0.1, 0.15) is 38.3 Å². The van der Waals surface area contributed by atoms with Gasteiger partial charge in [0, 0.05) is 13.1 Å². The second-order valence-corrected chi connectivity index (χ2v) is 5.09. The van der Waals surface area contributed by atoms with Gasteiger partial charge in [-0.15, -0.1) is 0 Å². The molecule has 20 heavy (non-hydrogen) atoms. The Morgan fingerprint density at radius 3 is 2.85 bits per heavy atom. The number of nitrogens with zero attached hydrogens (tertiary/aromatic N) is 2. The number of halogens is 1. The molecular weight excluding hydrogens is 259 g/mol. The zero-order chi connectivity index (χ0) is 14.5. The lowest BCUT2D eigenvalue weighted by atomic mass is 9.84. The Balaban J connectivity index is 2.16. The van der Waals surface area contributed by atoms with Crippen LogP contribution < -0.4 is 10.6 Å². The summed E-state index contributed by atoms with van der Waals surface area (Å²) in [5.74, 6) is -0.325. The Morgan fingerprint density at radius 1 is 1.40 bits per heavy atom. The van der Waals surface area contributed by atoms with Crippen LogP contribution in [0.5, 0.6) is 0 Å². The molecule has 0 bridgehead atoms. The minimum atomic E-state index is -0.406. The summed E-state index contributed by atoms with van der Waals surface area (Å²) >= 11 is 0. The molecule has 2 unspecified atom stereocenters. The highest BCUT2D eigenvalue weighted by Crippen LogP contribution is 2.28. The molecule has 2 N–H and O–H groups in total. The van der Waals surface area contributed by atoms with Crippen molar-refractivity contribution in [2.24, 2.45) is 5.92 Å². The summed E-state index contributed by atoms with van der Waals surface area (Å²) in [4.78, 5) is 19.8. The van der Waals surface area contributed by atoms with Crippen molar-refractivity contribution >= 4 is 11.7 Å². The molecule has 0 radical (unpaired) electrons. The van der Waals surface area contributed by atoms with Crippen LogP contribution in [0.15, 0.2) is 6.33 Å². The molecule has 1 aliphatic rings. The lowest BCUT2D eigenvalue weighted by Crippen LogP contribution is -2.42. The topological polar surface area (TPSA) is 66.9 Å². The zero-order valence-electron chi connectivity index (χ0n) is 11.9. The number of amides is 1. The molecular formula is C14H21FN4O. The number of aryl methyl sites for hydroxylation is 1. The molecule has 1 amide bonds. The van der Waals surface area contributed by atoms with Gasteiger partial charge in [0.15, 0.2) is 11.6 Å². The summed E-state index contributed by atoms with van der Waals surface area (Å²) in [5, 5.41) is 5.78. The lowest BCUT2D eigenvalue weighted by Gasteiger charge is -2.31. The predicted molar refractivity (Wildman–Crippen MR) is 74.8 cm³/mol. The molecule has 0 aliphatic heterocycles. The van der Waals surface area contributed by atoms with E-state index in [1.807, 2.05) is 6.92 Å². The van der Waals surface area contributed by atoms with Crippen LogP contribution in [0, 0.1) is 11.7 Å². The number of aromatic nitrogens is 2. The first-order valence-electron chi connectivity index (χ1n) is 7.14. The highest BCUT2D eigenvalue weighted by molar-refractivity contribution is 5.79. The van der Waals surface area contributed by atoms with Gasteiger partial charge in [-0.25, -0.2) is 14.4 Å². The molecule has 0 saturated heterocycles. The van der Waals surface area contributed by atoms with Gasteiger partial charge in [-0.3, -0.25) is 4.79 Å². The summed E-state index contributed by atoms with van der Waals surface area (Å²) < 4.78 is 14.1. The van der Waals surface area contributed by atoms with Crippen molar-refractivity contribution in [2.45, 2.75) is 45.1 Å². The molecule has 1 heterocycles. The number of anilines is 1. The molecule has 0 spiro atoms. The van der Waals surface area contributed by atoms with Crippen molar-refractivity contribution in [3.8, 4) is 0 Å². The highest BCUT2D eigenvalue weighted by atomic mass is 19.1. The number of carbonyl (C=O) groups is 1. The molecule has 2 atom stereocenters. The van der Waals surface area contributed by atoms with E-state index < -0.39 is 5.82 Å². The van der Waals surface area contributed by atoms with E-state index in [4.69, 9.17) is 0 Å². The number of carbonyl (C=O) groups excluding carboxylic acids is 1. The second-order valence-electron chi connectivity index (χ2n) is 5.09. The Bertz CT molecular complexity index is 480. The second kappa shape index (κ2) is 6.63. The Labute approximate surface area is 118 Å². The van der Waals surface area contributed by atoms with Crippen LogP contribution in [0.4, 0.5) is 10.2 Å². The predicted octanol–water partition coefficient (Wildman–Crippen LogP) is 1.89. The third-order valence-electron chi connectivity index (χ3n) is 3.87. The molecule has 1 saturated carbocycles. The Kier molecular flexibility index (Phi) is 4.87. The fraction of sp³-hybridized carbons (Fsp3) is 0.643. The minimum absolute atomic E-state index is 0.00683. The van der Waals surface area contributed by atoms with Crippen LogP contribution in [0.2, 0.25) is 0 Å². The van der Waals surface area contributed by atoms with Gasteiger partial charge in [-0.1, -0.05) is 19.8 Å². The van der Waals surface area contributed by atoms with Crippen molar-refractivity contribution in [1.82, 2.24) is 15.3 Å². The van der Waals surface area contributed by atoms with Crippen molar-refractivity contribution in [2.75, 3.05) is 12.4 Å². The first-order valence-corrected chi connectivity index (χ1v) is 7.14. The van der Waals surface area contributed by atoms with Crippen molar-refractivity contribution in [1.29, 1.82) is 0 Å². The van der Waals surface area contributed by atoms with E-state index in [1.54, 1.807) is 7.05 Å². The fourth-order valence-corrected chi connectivity index (χ4v) is 2.73. The van der Waals surface area contributed by atoms with Gasteiger partial charge in [-0.2, -0.15) is 0 Å². The molecule has 1 aliphatic carbocycles. The van der Waals surface area contributed by atoms with Crippen molar-refractivity contribution in [3.63, 3.8) is 0 Å². The maximum Gasteiger partial charge on any atom is 0.224 e. The number of rotatable bonds is 4. The maximum absolute atomic E-state index is 14.1. The van der Waals surface area contributed by atoms with Crippen molar-refractivity contribution < 1.29 is 9.18 Å². The van der Waals surface area contributed by atoms with E-state index in [0.29, 0.717) is 12.1 Å². The molecule has 1 fully saturated rings. The average molecular weight is 280 g/mol. The smallest absolute Gasteiger partial charge is 0.224 e.